The van der Waals surface area contributed by atoms with Gasteiger partial charge in [0.1, 0.15) is 0 Å². The Morgan fingerprint density at radius 3 is 2.87 bits per heavy atom. The molecule has 0 unspecified atom stereocenters. The van der Waals surface area contributed by atoms with Gasteiger partial charge in [-0.2, -0.15) is 5.10 Å². The van der Waals surface area contributed by atoms with E-state index in [1.54, 1.807) is 0 Å². The van der Waals surface area contributed by atoms with E-state index in [0.29, 0.717) is 0 Å². The first-order valence-electron chi connectivity index (χ1n) is 5.16. The Hall–Kier alpha value is -0.800. The molecule has 0 bridgehead atoms. The Bertz CT molecular complexity index is 347. The zero-order valence-electron chi connectivity index (χ0n) is 9.29. The van der Waals surface area contributed by atoms with Crippen LogP contribution in [0.2, 0.25) is 0 Å². The van der Waals surface area contributed by atoms with Gasteiger partial charge in [0.05, 0.1) is 11.4 Å². The summed E-state index contributed by atoms with van der Waals surface area (Å²) in [5.41, 5.74) is 3.78. The second-order valence-electron chi connectivity index (χ2n) is 3.92. The van der Waals surface area contributed by atoms with Crippen LogP contribution in [0.1, 0.15) is 24.2 Å². The molecule has 84 valence electrons. The van der Waals surface area contributed by atoms with E-state index in [2.05, 4.69) is 22.6 Å². The van der Waals surface area contributed by atoms with Gasteiger partial charge in [-0.25, -0.2) is 0 Å². The van der Waals surface area contributed by atoms with E-state index in [1.165, 1.54) is 24.1 Å². The number of aryl methyl sites for hydroxylation is 2. The Morgan fingerprint density at radius 2 is 2.33 bits per heavy atom. The predicted octanol–water partition coefficient (Wildman–Crippen LogP) is 1.92. The Balaban J connectivity index is 0.00000112. The van der Waals surface area contributed by atoms with E-state index >= 15 is 0 Å². The molecule has 1 N–H and O–H groups in total. The number of nitrogens with one attached hydrogen (secondary N) is 1. The second kappa shape index (κ2) is 5.33. The van der Waals surface area contributed by atoms with E-state index < -0.39 is 0 Å². The van der Waals surface area contributed by atoms with E-state index in [9.17, 15) is 0 Å². The Kier molecular flexibility index (Phi) is 4.36. The van der Waals surface area contributed by atoms with Crippen molar-refractivity contribution in [3.63, 3.8) is 0 Å². The molecule has 15 heavy (non-hydrogen) atoms. The van der Waals surface area contributed by atoms with Crippen LogP contribution in [0.15, 0.2) is 11.6 Å². The smallest absolute Gasteiger partial charge is 0.0609 e. The molecular formula is C11H18ClN3. The molecule has 0 saturated carbocycles. The molecule has 4 heteroatoms. The van der Waals surface area contributed by atoms with Crippen LogP contribution in [-0.4, -0.2) is 22.9 Å². The van der Waals surface area contributed by atoms with Crippen LogP contribution < -0.4 is 5.32 Å². The third-order valence-corrected chi connectivity index (χ3v) is 2.59. The molecule has 0 aromatic carbocycles. The van der Waals surface area contributed by atoms with Crippen LogP contribution in [0.25, 0.3) is 6.08 Å². The van der Waals surface area contributed by atoms with E-state index in [-0.39, 0.29) is 12.4 Å². The second-order valence-corrected chi connectivity index (χ2v) is 3.92. The maximum atomic E-state index is 4.33. The van der Waals surface area contributed by atoms with Crippen molar-refractivity contribution in [3.8, 4) is 0 Å². The summed E-state index contributed by atoms with van der Waals surface area (Å²) in [6.07, 6.45) is 4.73. The van der Waals surface area contributed by atoms with Crippen molar-refractivity contribution in [2.24, 2.45) is 7.05 Å². The van der Waals surface area contributed by atoms with Crippen LogP contribution in [0.5, 0.6) is 0 Å². The minimum absolute atomic E-state index is 0. The van der Waals surface area contributed by atoms with E-state index in [1.807, 2.05) is 18.7 Å². The van der Waals surface area contributed by atoms with Crippen molar-refractivity contribution in [1.29, 1.82) is 0 Å². The topological polar surface area (TPSA) is 29.9 Å². The minimum Gasteiger partial charge on any atom is -0.313 e. The van der Waals surface area contributed by atoms with Crippen molar-refractivity contribution >= 4 is 18.5 Å². The largest absolute Gasteiger partial charge is 0.313 e. The minimum atomic E-state index is 0. The van der Waals surface area contributed by atoms with Gasteiger partial charge in [0.2, 0.25) is 0 Å². The monoisotopic (exact) mass is 227 g/mol. The summed E-state index contributed by atoms with van der Waals surface area (Å²) in [6, 6.07) is 2.13. The molecule has 1 saturated heterocycles. The lowest BCUT2D eigenvalue weighted by molar-refractivity contribution is 0.612. The molecule has 1 aliphatic rings. The highest BCUT2D eigenvalue weighted by atomic mass is 35.5. The fourth-order valence-corrected chi connectivity index (χ4v) is 1.88. The van der Waals surface area contributed by atoms with Gasteiger partial charge >= 0.3 is 0 Å². The number of aromatic nitrogens is 2. The quantitative estimate of drug-likeness (QED) is 0.795. The first kappa shape index (κ1) is 12.3. The standard InChI is InChI=1S/C11H17N3.ClH/c1-9-6-11(14(2)13-9)7-10-4-3-5-12-8-10;/h6-7,12H,3-5,8H2,1-2H3;1H. The fourth-order valence-electron chi connectivity index (χ4n) is 1.88. The summed E-state index contributed by atoms with van der Waals surface area (Å²) in [5, 5.41) is 7.71. The van der Waals surface area contributed by atoms with Gasteiger partial charge in [-0.05, 0) is 38.5 Å². The molecule has 0 amide bonds. The van der Waals surface area contributed by atoms with Crippen LogP contribution >= 0.6 is 12.4 Å². The number of hydrogen-bond acceptors (Lipinski definition) is 2. The molecule has 1 fully saturated rings. The lowest BCUT2D eigenvalue weighted by atomic mass is 10.1. The number of halogens is 1. The van der Waals surface area contributed by atoms with Crippen LogP contribution in [-0.2, 0) is 7.05 Å². The molecule has 0 atom stereocenters. The Morgan fingerprint density at radius 1 is 1.53 bits per heavy atom. The molecule has 0 spiro atoms. The normalized spacial score (nSPS) is 18.9. The summed E-state index contributed by atoms with van der Waals surface area (Å²) >= 11 is 0. The molecule has 2 rings (SSSR count). The number of rotatable bonds is 1. The highest BCUT2D eigenvalue weighted by molar-refractivity contribution is 5.85. The van der Waals surface area contributed by atoms with Crippen molar-refractivity contribution in [2.45, 2.75) is 19.8 Å². The average molecular weight is 228 g/mol. The van der Waals surface area contributed by atoms with Gasteiger partial charge in [-0.15, -0.1) is 12.4 Å². The number of nitrogens with zero attached hydrogens (tertiary/aromatic N) is 2. The third kappa shape index (κ3) is 3.08. The lowest BCUT2D eigenvalue weighted by Crippen LogP contribution is -2.23. The van der Waals surface area contributed by atoms with Gasteiger partial charge in [0, 0.05) is 13.6 Å². The summed E-state index contributed by atoms with van der Waals surface area (Å²) in [7, 11) is 2.00. The van der Waals surface area contributed by atoms with Gasteiger partial charge in [-0.3, -0.25) is 4.68 Å². The van der Waals surface area contributed by atoms with Crippen molar-refractivity contribution in [1.82, 2.24) is 15.1 Å². The first-order valence-corrected chi connectivity index (χ1v) is 5.16. The first-order chi connectivity index (χ1) is 6.75. The summed E-state index contributed by atoms with van der Waals surface area (Å²) in [4.78, 5) is 0. The fraction of sp³-hybridized carbons (Fsp3) is 0.545. The molecule has 0 aliphatic carbocycles. The average Bonchev–Trinajstić information content (AvgIpc) is 2.47. The summed E-state index contributed by atoms with van der Waals surface area (Å²) in [6.45, 7) is 4.22. The zero-order chi connectivity index (χ0) is 9.97. The number of hydrogen-bond donors (Lipinski definition) is 1. The molecule has 1 aliphatic heterocycles. The molecule has 1 aromatic heterocycles. The van der Waals surface area contributed by atoms with Gasteiger partial charge in [0.15, 0.2) is 0 Å². The molecular weight excluding hydrogens is 210 g/mol. The zero-order valence-corrected chi connectivity index (χ0v) is 10.1. The molecule has 2 heterocycles. The van der Waals surface area contributed by atoms with Gasteiger partial charge < -0.3 is 5.32 Å². The van der Waals surface area contributed by atoms with E-state index in [4.69, 9.17) is 0 Å². The van der Waals surface area contributed by atoms with Crippen molar-refractivity contribution in [2.75, 3.05) is 13.1 Å². The van der Waals surface area contributed by atoms with Crippen LogP contribution in [0.4, 0.5) is 0 Å². The highest BCUT2D eigenvalue weighted by Gasteiger charge is 2.06. The predicted molar refractivity (Wildman–Crippen MR) is 65.3 cm³/mol. The third-order valence-electron chi connectivity index (χ3n) is 2.59. The molecule has 1 aromatic rings. The summed E-state index contributed by atoms with van der Waals surface area (Å²) < 4.78 is 1.94. The Labute approximate surface area is 97.0 Å². The number of piperidine rings is 1. The van der Waals surface area contributed by atoms with Gasteiger partial charge in [-0.1, -0.05) is 5.57 Å². The van der Waals surface area contributed by atoms with Crippen LogP contribution in [0, 0.1) is 6.92 Å². The SMILES string of the molecule is Cc1cc(C=C2CCCNC2)n(C)n1.Cl. The maximum absolute atomic E-state index is 4.33. The van der Waals surface area contributed by atoms with Crippen molar-refractivity contribution in [3.05, 3.63) is 23.0 Å². The van der Waals surface area contributed by atoms with Crippen molar-refractivity contribution < 1.29 is 0 Å². The maximum Gasteiger partial charge on any atom is 0.0609 e. The van der Waals surface area contributed by atoms with Crippen LogP contribution in [0.3, 0.4) is 0 Å². The van der Waals surface area contributed by atoms with E-state index in [0.717, 1.165) is 18.8 Å². The molecule has 3 nitrogen and oxygen atoms in total. The van der Waals surface area contributed by atoms with Gasteiger partial charge in [0.25, 0.3) is 0 Å². The summed E-state index contributed by atoms with van der Waals surface area (Å²) in [5.74, 6) is 0. The lowest BCUT2D eigenvalue weighted by Gasteiger charge is -2.15. The highest BCUT2D eigenvalue weighted by Crippen LogP contribution is 2.14. The molecule has 0 radical (unpaired) electrons.